The molecular formula is C10H9ClNO4-. The van der Waals surface area contributed by atoms with Crippen molar-refractivity contribution in [1.29, 1.82) is 0 Å². The van der Waals surface area contributed by atoms with E-state index in [0.29, 0.717) is 17.9 Å². The molecule has 0 aromatic heterocycles. The van der Waals surface area contributed by atoms with Crippen LogP contribution in [0.25, 0.3) is 0 Å². The number of aliphatic carboxylic acids is 1. The van der Waals surface area contributed by atoms with E-state index in [1.807, 2.05) is 0 Å². The molecule has 16 heavy (non-hydrogen) atoms. The first kappa shape index (κ1) is 11.1. The van der Waals surface area contributed by atoms with E-state index < -0.39 is 36.2 Å². The summed E-state index contributed by atoms with van der Waals surface area (Å²) in [5, 5.41) is 11.0. The molecule has 0 spiro atoms. The Bertz CT molecular complexity index is 404. The molecule has 1 saturated heterocycles. The molecule has 0 aromatic rings. The Morgan fingerprint density at radius 3 is 2.69 bits per heavy atom. The molecule has 0 aromatic carbocycles. The van der Waals surface area contributed by atoms with Crippen LogP contribution in [0.5, 0.6) is 0 Å². The Morgan fingerprint density at radius 1 is 1.44 bits per heavy atom. The quantitative estimate of drug-likeness (QED) is 0.597. The van der Waals surface area contributed by atoms with Gasteiger partial charge in [0.2, 0.25) is 11.8 Å². The average molecular weight is 243 g/mol. The van der Waals surface area contributed by atoms with Crippen molar-refractivity contribution in [2.75, 3.05) is 6.54 Å². The van der Waals surface area contributed by atoms with E-state index in [1.54, 1.807) is 6.08 Å². The largest absolute Gasteiger partial charge is 0.548 e. The smallest absolute Gasteiger partial charge is 0.233 e. The van der Waals surface area contributed by atoms with Crippen LogP contribution < -0.4 is 5.11 Å². The van der Waals surface area contributed by atoms with Gasteiger partial charge in [0, 0.05) is 5.03 Å². The first-order valence-electron chi connectivity index (χ1n) is 4.90. The molecule has 5 nitrogen and oxygen atoms in total. The lowest BCUT2D eigenvalue weighted by atomic mass is 9.85. The van der Waals surface area contributed by atoms with Crippen LogP contribution in [-0.4, -0.2) is 29.2 Å². The molecule has 2 rings (SSSR count). The first-order valence-corrected chi connectivity index (χ1v) is 5.28. The molecule has 0 N–H and O–H groups in total. The molecular weight excluding hydrogens is 234 g/mol. The molecule has 86 valence electrons. The number of carbonyl (C=O) groups excluding carboxylic acids is 3. The molecule has 0 unspecified atom stereocenters. The predicted octanol–water partition coefficient (Wildman–Crippen LogP) is -0.746. The molecule has 2 amide bonds. The van der Waals surface area contributed by atoms with Crippen LogP contribution in [0.3, 0.4) is 0 Å². The Labute approximate surface area is 96.7 Å². The summed E-state index contributed by atoms with van der Waals surface area (Å²) >= 11 is 5.80. The third-order valence-electron chi connectivity index (χ3n) is 2.95. The Balaban J connectivity index is 2.21. The monoisotopic (exact) mass is 242 g/mol. The van der Waals surface area contributed by atoms with Crippen molar-refractivity contribution < 1.29 is 19.5 Å². The number of nitrogens with zero attached hydrogens (tertiary/aromatic N) is 1. The van der Waals surface area contributed by atoms with Gasteiger partial charge in [0.1, 0.15) is 0 Å². The van der Waals surface area contributed by atoms with Gasteiger partial charge in [-0.3, -0.25) is 14.5 Å². The maximum absolute atomic E-state index is 11.8. The second-order valence-electron chi connectivity index (χ2n) is 3.94. The van der Waals surface area contributed by atoms with E-state index >= 15 is 0 Å². The Morgan fingerprint density at radius 2 is 2.06 bits per heavy atom. The van der Waals surface area contributed by atoms with Crippen molar-refractivity contribution in [1.82, 2.24) is 4.90 Å². The zero-order chi connectivity index (χ0) is 11.9. The van der Waals surface area contributed by atoms with Crippen LogP contribution in [-0.2, 0) is 14.4 Å². The second-order valence-corrected chi connectivity index (χ2v) is 4.42. The minimum Gasteiger partial charge on any atom is -0.548 e. The van der Waals surface area contributed by atoms with Gasteiger partial charge in [-0.05, 0) is 12.8 Å². The number of likely N-dealkylation sites (tertiary alicyclic amines) is 1. The van der Waals surface area contributed by atoms with E-state index in [0.717, 1.165) is 4.90 Å². The van der Waals surface area contributed by atoms with Gasteiger partial charge in [-0.15, -0.1) is 0 Å². The highest BCUT2D eigenvalue weighted by Crippen LogP contribution is 2.38. The molecule has 1 aliphatic carbocycles. The second kappa shape index (κ2) is 3.90. The fraction of sp³-hybridized carbons (Fsp3) is 0.500. The molecule has 0 bridgehead atoms. The van der Waals surface area contributed by atoms with Crippen LogP contribution in [0.4, 0.5) is 0 Å². The van der Waals surface area contributed by atoms with E-state index in [2.05, 4.69) is 0 Å². The van der Waals surface area contributed by atoms with Crippen molar-refractivity contribution >= 4 is 29.4 Å². The minimum absolute atomic E-state index is 0.320. The minimum atomic E-state index is -1.43. The number of imide groups is 1. The Hall–Kier alpha value is -1.36. The molecule has 0 saturated carbocycles. The summed E-state index contributed by atoms with van der Waals surface area (Å²) in [7, 11) is 0. The van der Waals surface area contributed by atoms with Crippen LogP contribution in [0, 0.1) is 11.8 Å². The SMILES string of the molecule is O=C([O-])CN1C(=O)[C@@H]2CC=C(Cl)C[C@H]2C1=O. The average Bonchev–Trinajstić information content (AvgIpc) is 2.43. The van der Waals surface area contributed by atoms with Gasteiger partial charge in [0.15, 0.2) is 0 Å². The lowest BCUT2D eigenvalue weighted by molar-refractivity contribution is -0.305. The van der Waals surface area contributed by atoms with Crippen molar-refractivity contribution in [3.63, 3.8) is 0 Å². The van der Waals surface area contributed by atoms with E-state index in [1.165, 1.54) is 0 Å². The highest BCUT2D eigenvalue weighted by atomic mass is 35.5. The molecule has 1 fully saturated rings. The van der Waals surface area contributed by atoms with Crippen LogP contribution in [0.15, 0.2) is 11.1 Å². The number of rotatable bonds is 2. The van der Waals surface area contributed by atoms with Crippen LogP contribution in [0.1, 0.15) is 12.8 Å². The third-order valence-corrected chi connectivity index (χ3v) is 3.26. The normalized spacial score (nSPS) is 29.1. The van der Waals surface area contributed by atoms with Crippen molar-refractivity contribution in [2.45, 2.75) is 12.8 Å². The lowest BCUT2D eigenvalue weighted by Gasteiger charge is -2.17. The van der Waals surface area contributed by atoms with Gasteiger partial charge < -0.3 is 9.90 Å². The number of hydrogen-bond acceptors (Lipinski definition) is 4. The molecule has 1 aliphatic heterocycles. The summed E-state index contributed by atoms with van der Waals surface area (Å²) in [6, 6.07) is 0. The topological polar surface area (TPSA) is 77.5 Å². The molecule has 1 heterocycles. The molecule has 6 heteroatoms. The van der Waals surface area contributed by atoms with E-state index in [-0.39, 0.29) is 0 Å². The number of fused-ring (bicyclic) bond motifs is 1. The van der Waals surface area contributed by atoms with Gasteiger partial charge in [0.05, 0.1) is 24.3 Å². The molecule has 2 aliphatic rings. The summed E-state index contributed by atoms with van der Waals surface area (Å²) in [6.07, 6.45) is 2.42. The summed E-state index contributed by atoms with van der Waals surface area (Å²) in [4.78, 5) is 34.7. The number of allylic oxidation sites excluding steroid dienone is 2. The predicted molar refractivity (Wildman–Crippen MR) is 51.9 cm³/mol. The van der Waals surface area contributed by atoms with Crippen molar-refractivity contribution in [3.8, 4) is 0 Å². The number of carboxylic acid groups (broad SMARTS) is 1. The number of carbonyl (C=O) groups is 3. The van der Waals surface area contributed by atoms with Crippen molar-refractivity contribution in [2.24, 2.45) is 11.8 Å². The highest BCUT2D eigenvalue weighted by Gasteiger charge is 2.48. The summed E-state index contributed by atoms with van der Waals surface area (Å²) in [6.45, 7) is -0.664. The van der Waals surface area contributed by atoms with Gasteiger partial charge >= 0.3 is 0 Å². The van der Waals surface area contributed by atoms with Gasteiger partial charge in [-0.25, -0.2) is 0 Å². The summed E-state index contributed by atoms with van der Waals surface area (Å²) < 4.78 is 0. The van der Waals surface area contributed by atoms with E-state index in [4.69, 9.17) is 11.6 Å². The van der Waals surface area contributed by atoms with E-state index in [9.17, 15) is 19.5 Å². The fourth-order valence-electron chi connectivity index (χ4n) is 2.18. The maximum atomic E-state index is 11.8. The summed E-state index contributed by atoms with van der Waals surface area (Å²) in [5.41, 5.74) is 0. The van der Waals surface area contributed by atoms with Gasteiger partial charge in [0.25, 0.3) is 0 Å². The number of hydrogen-bond donors (Lipinski definition) is 0. The standard InChI is InChI=1S/C10H10ClNO4/c11-5-1-2-6-7(3-5)10(16)12(9(6)15)4-8(13)14/h1,6-7H,2-4H2,(H,13,14)/p-1/t6-,7-/m1/s1. The zero-order valence-corrected chi connectivity index (χ0v) is 9.07. The fourth-order valence-corrected chi connectivity index (χ4v) is 2.44. The number of amides is 2. The zero-order valence-electron chi connectivity index (χ0n) is 8.31. The number of carboxylic acids is 1. The maximum Gasteiger partial charge on any atom is 0.233 e. The summed E-state index contributed by atoms with van der Waals surface area (Å²) in [5.74, 6) is -3.26. The first-order chi connectivity index (χ1) is 7.50. The lowest BCUT2D eigenvalue weighted by Crippen LogP contribution is -2.41. The number of halogens is 1. The molecule has 0 radical (unpaired) electrons. The van der Waals surface area contributed by atoms with Crippen LogP contribution in [0.2, 0.25) is 0 Å². The van der Waals surface area contributed by atoms with Crippen LogP contribution >= 0.6 is 11.6 Å². The Kier molecular flexibility index (Phi) is 2.71. The third kappa shape index (κ3) is 1.71. The molecule has 2 atom stereocenters. The van der Waals surface area contributed by atoms with Gasteiger partial charge in [-0.1, -0.05) is 17.7 Å². The van der Waals surface area contributed by atoms with Crippen molar-refractivity contribution in [3.05, 3.63) is 11.1 Å². The highest BCUT2D eigenvalue weighted by molar-refractivity contribution is 6.30. The van der Waals surface area contributed by atoms with Gasteiger partial charge in [-0.2, -0.15) is 0 Å².